The van der Waals surface area contributed by atoms with Crippen LogP contribution in [0.5, 0.6) is 0 Å². The Kier molecular flexibility index (Phi) is 2.90. The molecule has 1 heterocycles. The summed E-state index contributed by atoms with van der Waals surface area (Å²) in [6, 6.07) is 4.44. The fraction of sp³-hybridized carbons (Fsp3) is 0.562. The van der Waals surface area contributed by atoms with Gasteiger partial charge in [0.15, 0.2) is 0 Å². The molecule has 1 saturated carbocycles. The molecule has 0 spiro atoms. The van der Waals surface area contributed by atoms with Crippen molar-refractivity contribution in [1.29, 1.82) is 0 Å². The fourth-order valence-electron chi connectivity index (χ4n) is 3.09. The molecule has 0 bridgehead atoms. The van der Waals surface area contributed by atoms with E-state index in [1.165, 1.54) is 29.5 Å². The molecule has 1 aromatic carbocycles. The quantitative estimate of drug-likeness (QED) is 0.753. The van der Waals surface area contributed by atoms with E-state index in [2.05, 4.69) is 44.4 Å². The molecular weight excluding hydrogens is 256 g/mol. The van der Waals surface area contributed by atoms with Gasteiger partial charge in [0.05, 0.1) is 16.9 Å². The third kappa shape index (κ3) is 1.97. The highest BCUT2D eigenvalue weighted by Gasteiger charge is 2.41. The number of aromatic nitrogens is 2. The SMILES string of the molecule is Cc1cc2nc(CCl)n(C(C)(C)C3CC3)c2cc1C. The number of benzene rings is 1. The van der Waals surface area contributed by atoms with E-state index in [-0.39, 0.29) is 5.54 Å². The largest absolute Gasteiger partial charge is 0.321 e. The third-order valence-electron chi connectivity index (χ3n) is 4.61. The summed E-state index contributed by atoms with van der Waals surface area (Å²) in [5.41, 5.74) is 5.03. The highest BCUT2D eigenvalue weighted by atomic mass is 35.5. The van der Waals surface area contributed by atoms with Gasteiger partial charge in [-0.1, -0.05) is 0 Å². The maximum Gasteiger partial charge on any atom is 0.125 e. The molecular formula is C16H21ClN2. The van der Waals surface area contributed by atoms with Gasteiger partial charge in [-0.05, 0) is 69.7 Å². The lowest BCUT2D eigenvalue weighted by atomic mass is 9.97. The smallest absolute Gasteiger partial charge is 0.125 e. The van der Waals surface area contributed by atoms with Gasteiger partial charge in [-0.15, -0.1) is 11.6 Å². The van der Waals surface area contributed by atoms with E-state index in [0.717, 1.165) is 17.3 Å². The second kappa shape index (κ2) is 4.24. The summed E-state index contributed by atoms with van der Waals surface area (Å²) in [5, 5.41) is 0. The first-order valence-electron chi connectivity index (χ1n) is 7.00. The summed E-state index contributed by atoms with van der Waals surface area (Å²) in [7, 11) is 0. The molecule has 3 rings (SSSR count). The van der Waals surface area contributed by atoms with E-state index in [1.54, 1.807) is 0 Å². The number of aryl methyl sites for hydroxylation is 2. The van der Waals surface area contributed by atoms with Crippen molar-refractivity contribution in [3.8, 4) is 0 Å². The van der Waals surface area contributed by atoms with Gasteiger partial charge in [0.25, 0.3) is 0 Å². The Hall–Kier alpha value is -1.02. The van der Waals surface area contributed by atoms with Gasteiger partial charge in [0, 0.05) is 5.54 Å². The minimum absolute atomic E-state index is 0.112. The Balaban J connectivity index is 2.29. The Bertz CT molecular complexity index is 636. The fourth-order valence-corrected chi connectivity index (χ4v) is 3.27. The number of alkyl halides is 1. The standard InChI is InChI=1S/C16H21ClN2/c1-10-7-13-14(8-11(10)2)19(15(9-17)18-13)16(3,4)12-5-6-12/h7-8,12H,5-6,9H2,1-4H3. The lowest BCUT2D eigenvalue weighted by Crippen LogP contribution is -2.30. The van der Waals surface area contributed by atoms with Crippen molar-refractivity contribution in [3.05, 3.63) is 29.1 Å². The first kappa shape index (κ1) is 13.0. The highest BCUT2D eigenvalue weighted by molar-refractivity contribution is 6.16. The average molecular weight is 277 g/mol. The van der Waals surface area contributed by atoms with Crippen LogP contribution in [0.3, 0.4) is 0 Å². The molecule has 102 valence electrons. The number of rotatable bonds is 3. The van der Waals surface area contributed by atoms with Crippen molar-refractivity contribution in [2.24, 2.45) is 5.92 Å². The molecule has 3 heteroatoms. The summed E-state index contributed by atoms with van der Waals surface area (Å²) in [6.07, 6.45) is 2.64. The molecule has 1 aliphatic rings. The zero-order valence-corrected chi connectivity index (χ0v) is 12.9. The molecule has 2 aromatic rings. The van der Waals surface area contributed by atoms with Crippen molar-refractivity contribution in [3.63, 3.8) is 0 Å². The van der Waals surface area contributed by atoms with E-state index in [4.69, 9.17) is 16.6 Å². The van der Waals surface area contributed by atoms with Gasteiger partial charge in [-0.3, -0.25) is 0 Å². The first-order valence-corrected chi connectivity index (χ1v) is 7.53. The molecule has 1 fully saturated rings. The van der Waals surface area contributed by atoms with Crippen LogP contribution in [0.1, 0.15) is 43.6 Å². The van der Waals surface area contributed by atoms with Crippen LogP contribution in [0, 0.1) is 19.8 Å². The topological polar surface area (TPSA) is 17.8 Å². The van der Waals surface area contributed by atoms with Crippen LogP contribution in [0.25, 0.3) is 11.0 Å². The molecule has 0 N–H and O–H groups in total. The maximum absolute atomic E-state index is 6.13. The molecule has 0 aliphatic heterocycles. The predicted octanol–water partition coefficient (Wildman–Crippen LogP) is 4.54. The summed E-state index contributed by atoms with van der Waals surface area (Å²) in [5.74, 6) is 2.23. The van der Waals surface area contributed by atoms with E-state index in [9.17, 15) is 0 Å². The molecule has 0 unspecified atom stereocenters. The molecule has 0 saturated heterocycles. The van der Waals surface area contributed by atoms with Crippen LogP contribution < -0.4 is 0 Å². The average Bonchev–Trinajstić information content (AvgIpc) is 3.13. The van der Waals surface area contributed by atoms with Crippen LogP contribution in [-0.2, 0) is 11.4 Å². The van der Waals surface area contributed by atoms with Crippen molar-refractivity contribution in [2.45, 2.75) is 52.0 Å². The minimum Gasteiger partial charge on any atom is -0.321 e. The van der Waals surface area contributed by atoms with Gasteiger partial charge in [0.2, 0.25) is 0 Å². The summed E-state index contributed by atoms with van der Waals surface area (Å²) >= 11 is 6.13. The summed E-state index contributed by atoms with van der Waals surface area (Å²) in [4.78, 5) is 4.74. The molecule has 0 amide bonds. The first-order chi connectivity index (χ1) is 8.95. The van der Waals surface area contributed by atoms with Crippen molar-refractivity contribution in [2.75, 3.05) is 0 Å². The van der Waals surface area contributed by atoms with Gasteiger partial charge in [0.1, 0.15) is 5.82 Å². The Morgan fingerprint density at radius 3 is 2.47 bits per heavy atom. The van der Waals surface area contributed by atoms with Crippen LogP contribution in [-0.4, -0.2) is 9.55 Å². The Morgan fingerprint density at radius 2 is 1.89 bits per heavy atom. The number of hydrogen-bond acceptors (Lipinski definition) is 1. The summed E-state index contributed by atoms with van der Waals surface area (Å²) < 4.78 is 2.37. The number of halogens is 1. The lowest BCUT2D eigenvalue weighted by molar-refractivity contribution is 0.306. The van der Waals surface area contributed by atoms with E-state index < -0.39 is 0 Å². The molecule has 0 atom stereocenters. The number of hydrogen-bond donors (Lipinski definition) is 0. The predicted molar refractivity (Wildman–Crippen MR) is 80.8 cm³/mol. The van der Waals surface area contributed by atoms with Crippen LogP contribution in [0.2, 0.25) is 0 Å². The zero-order valence-electron chi connectivity index (χ0n) is 12.1. The monoisotopic (exact) mass is 276 g/mol. The molecule has 2 nitrogen and oxygen atoms in total. The highest BCUT2D eigenvalue weighted by Crippen LogP contribution is 2.46. The normalized spacial score (nSPS) is 16.3. The number of fused-ring (bicyclic) bond motifs is 1. The third-order valence-corrected chi connectivity index (χ3v) is 4.85. The van der Waals surface area contributed by atoms with Crippen molar-refractivity contribution in [1.82, 2.24) is 9.55 Å². The minimum atomic E-state index is 0.112. The van der Waals surface area contributed by atoms with Crippen LogP contribution in [0.4, 0.5) is 0 Å². The lowest BCUT2D eigenvalue weighted by Gasteiger charge is -2.29. The second-order valence-corrected chi connectivity index (χ2v) is 6.62. The molecule has 0 radical (unpaired) electrons. The molecule has 19 heavy (non-hydrogen) atoms. The molecule has 1 aromatic heterocycles. The van der Waals surface area contributed by atoms with Gasteiger partial charge < -0.3 is 4.57 Å². The van der Waals surface area contributed by atoms with E-state index in [0.29, 0.717) is 5.88 Å². The second-order valence-electron chi connectivity index (χ2n) is 6.35. The van der Waals surface area contributed by atoms with Gasteiger partial charge in [-0.25, -0.2) is 4.98 Å². The van der Waals surface area contributed by atoms with Crippen LogP contribution in [0.15, 0.2) is 12.1 Å². The number of nitrogens with zero attached hydrogens (tertiary/aromatic N) is 2. The van der Waals surface area contributed by atoms with Crippen molar-refractivity contribution < 1.29 is 0 Å². The van der Waals surface area contributed by atoms with Gasteiger partial charge in [-0.2, -0.15) is 0 Å². The van der Waals surface area contributed by atoms with Crippen molar-refractivity contribution >= 4 is 22.6 Å². The summed E-state index contributed by atoms with van der Waals surface area (Å²) in [6.45, 7) is 8.94. The maximum atomic E-state index is 6.13. The van der Waals surface area contributed by atoms with E-state index in [1.807, 2.05) is 0 Å². The van der Waals surface area contributed by atoms with Gasteiger partial charge >= 0.3 is 0 Å². The number of imidazole rings is 1. The Labute approximate surface area is 119 Å². The van der Waals surface area contributed by atoms with Crippen LogP contribution >= 0.6 is 11.6 Å². The Morgan fingerprint density at radius 1 is 1.26 bits per heavy atom. The van der Waals surface area contributed by atoms with E-state index >= 15 is 0 Å². The molecule has 1 aliphatic carbocycles. The zero-order chi connectivity index (χ0) is 13.8.